The molecule has 2 aromatic heterocycles. The van der Waals surface area contributed by atoms with Crippen LogP contribution in [0.3, 0.4) is 0 Å². The minimum absolute atomic E-state index is 0.159. The van der Waals surface area contributed by atoms with Gasteiger partial charge in [-0.25, -0.2) is 18.6 Å². The van der Waals surface area contributed by atoms with E-state index < -0.39 is 23.8 Å². The van der Waals surface area contributed by atoms with E-state index >= 15 is 0 Å². The molecule has 7 nitrogen and oxygen atoms in total. The first-order chi connectivity index (χ1) is 17.5. The lowest BCUT2D eigenvalue weighted by Gasteiger charge is -2.33. The van der Waals surface area contributed by atoms with E-state index in [1.807, 2.05) is 12.1 Å². The van der Waals surface area contributed by atoms with Crippen molar-refractivity contribution in [3.05, 3.63) is 71.4 Å². The fourth-order valence-electron chi connectivity index (χ4n) is 5.17. The molecule has 1 amide bonds. The van der Waals surface area contributed by atoms with Gasteiger partial charge in [-0.15, -0.1) is 0 Å². The van der Waals surface area contributed by atoms with Crippen LogP contribution in [0.15, 0.2) is 48.7 Å². The monoisotopic (exact) mass is 494 g/mol. The van der Waals surface area contributed by atoms with Crippen molar-refractivity contribution in [2.24, 2.45) is 5.92 Å². The van der Waals surface area contributed by atoms with Crippen LogP contribution in [0.5, 0.6) is 5.88 Å². The average Bonchev–Trinajstić information content (AvgIpc) is 3.29. The van der Waals surface area contributed by atoms with E-state index in [2.05, 4.69) is 20.6 Å². The summed E-state index contributed by atoms with van der Waals surface area (Å²) in [6, 6.07) is 9.03. The number of benzene rings is 1. The molecule has 188 valence electrons. The number of pyridine rings is 2. The summed E-state index contributed by atoms with van der Waals surface area (Å²) in [5.41, 5.74) is 2.44. The summed E-state index contributed by atoms with van der Waals surface area (Å²) >= 11 is 0. The van der Waals surface area contributed by atoms with Crippen molar-refractivity contribution in [1.82, 2.24) is 20.6 Å². The van der Waals surface area contributed by atoms with Crippen LogP contribution >= 0.6 is 0 Å². The van der Waals surface area contributed by atoms with Crippen LogP contribution in [0.1, 0.15) is 42.9 Å². The smallest absolute Gasteiger partial charge is 0.408 e. The summed E-state index contributed by atoms with van der Waals surface area (Å²) in [5.74, 6) is -0.172. The fraction of sp³-hybridized carbons (Fsp3) is 0.370. The van der Waals surface area contributed by atoms with Crippen molar-refractivity contribution in [2.45, 2.75) is 43.9 Å². The second-order valence-corrected chi connectivity index (χ2v) is 9.21. The number of methoxy groups -OCH3 is 1. The highest BCUT2D eigenvalue weighted by Crippen LogP contribution is 2.39. The maximum atomic E-state index is 13.8. The number of alkyl carbamates (subject to hydrolysis) is 1. The second-order valence-electron chi connectivity index (χ2n) is 9.21. The predicted molar refractivity (Wildman–Crippen MR) is 131 cm³/mol. The number of hydrogen-bond donors (Lipinski definition) is 2. The van der Waals surface area contributed by atoms with Crippen molar-refractivity contribution in [3.63, 3.8) is 0 Å². The molecule has 2 N–H and O–H groups in total. The lowest BCUT2D eigenvalue weighted by molar-refractivity contribution is 0.115. The van der Waals surface area contributed by atoms with Crippen molar-refractivity contribution >= 4 is 23.2 Å². The van der Waals surface area contributed by atoms with Gasteiger partial charge in [-0.1, -0.05) is 12.2 Å². The molecule has 9 heteroatoms. The average molecular weight is 495 g/mol. The summed E-state index contributed by atoms with van der Waals surface area (Å²) < 4.78 is 38.1. The molecule has 0 spiro atoms. The maximum absolute atomic E-state index is 13.8. The normalized spacial score (nSPS) is 24.1. The number of cyclic esters (lactones) is 1. The number of rotatable bonds is 7. The molecule has 0 radical (unpaired) electrons. The van der Waals surface area contributed by atoms with Crippen LogP contribution < -0.4 is 15.4 Å². The second kappa shape index (κ2) is 10.6. The molecule has 3 aromatic rings. The van der Waals surface area contributed by atoms with Crippen molar-refractivity contribution in [2.75, 3.05) is 13.7 Å². The fourth-order valence-corrected chi connectivity index (χ4v) is 5.17. The summed E-state index contributed by atoms with van der Waals surface area (Å²) in [5, 5.41) is 6.49. The first-order valence-electron chi connectivity index (χ1n) is 12.1. The zero-order chi connectivity index (χ0) is 25.1. The van der Waals surface area contributed by atoms with Crippen LogP contribution in [0.25, 0.3) is 17.1 Å². The molecule has 1 aromatic carbocycles. The van der Waals surface area contributed by atoms with Crippen LogP contribution in [-0.4, -0.2) is 41.8 Å². The Morgan fingerprint density at radius 2 is 2.00 bits per heavy atom. The molecule has 0 bridgehead atoms. The third-order valence-electron chi connectivity index (χ3n) is 7.01. The molecule has 3 heterocycles. The summed E-state index contributed by atoms with van der Waals surface area (Å²) in [4.78, 5) is 21.2. The molecule has 2 atom stereocenters. The molecule has 36 heavy (non-hydrogen) atoms. The Bertz CT molecular complexity index is 1280. The van der Waals surface area contributed by atoms with Crippen LogP contribution in [0.4, 0.5) is 13.6 Å². The minimum Gasteiger partial charge on any atom is -0.481 e. The third-order valence-corrected chi connectivity index (χ3v) is 7.01. The lowest BCUT2D eigenvalue weighted by atomic mass is 9.78. The van der Waals surface area contributed by atoms with Crippen molar-refractivity contribution in [1.29, 1.82) is 0 Å². The van der Waals surface area contributed by atoms with Gasteiger partial charge in [0.1, 0.15) is 11.6 Å². The number of amides is 1. The Morgan fingerprint density at radius 3 is 2.81 bits per heavy atom. The Kier molecular flexibility index (Phi) is 7.09. The lowest BCUT2D eigenvalue weighted by Crippen LogP contribution is -2.41. The van der Waals surface area contributed by atoms with Gasteiger partial charge in [-0.3, -0.25) is 4.98 Å². The number of fused-ring (bicyclic) bond motifs is 1. The highest BCUT2D eigenvalue weighted by Gasteiger charge is 2.42. The van der Waals surface area contributed by atoms with Gasteiger partial charge in [0.2, 0.25) is 5.88 Å². The molecule has 5 rings (SSSR count). The maximum Gasteiger partial charge on any atom is 0.408 e. The van der Waals surface area contributed by atoms with E-state index in [0.29, 0.717) is 29.5 Å². The number of nitrogens with zero attached hydrogens (tertiary/aromatic N) is 2. The zero-order valence-electron chi connectivity index (χ0n) is 19.9. The van der Waals surface area contributed by atoms with Gasteiger partial charge in [-0.05, 0) is 61.9 Å². The van der Waals surface area contributed by atoms with E-state index in [0.717, 1.165) is 43.4 Å². The van der Waals surface area contributed by atoms with Crippen molar-refractivity contribution < 1.29 is 23.0 Å². The highest BCUT2D eigenvalue weighted by molar-refractivity contribution is 5.80. The molecular formula is C27H28F2N4O3. The standard InChI is InChI=1S/C27H28F2N4O3/c1-35-23-11-10-22-25(32-23)20(12-14-31-22)26-24(33-27(34)36-26)16-4-7-19(8-5-16)30-13-2-3-17-15-18(28)6-9-21(17)29/h2-3,6,9-12,14-16,19,24,26,30H,4-5,7-8,13H2,1H3,(H,33,34)/b3-2+/t16?,19?,24-,26-/m0/s1. The minimum atomic E-state index is -0.460. The molecule has 1 aliphatic carbocycles. The molecular weight excluding hydrogens is 466 g/mol. The Morgan fingerprint density at radius 1 is 1.17 bits per heavy atom. The number of aromatic nitrogens is 2. The van der Waals surface area contributed by atoms with Crippen LogP contribution in [-0.2, 0) is 4.74 Å². The first-order valence-corrected chi connectivity index (χ1v) is 12.1. The Hall–Kier alpha value is -3.59. The number of halogens is 2. The van der Waals surface area contributed by atoms with Gasteiger partial charge in [0.25, 0.3) is 0 Å². The summed E-state index contributed by atoms with van der Waals surface area (Å²) in [6.07, 6.45) is 7.95. The van der Waals surface area contributed by atoms with Crippen LogP contribution in [0.2, 0.25) is 0 Å². The largest absolute Gasteiger partial charge is 0.481 e. The topological polar surface area (TPSA) is 85.4 Å². The number of nitrogens with one attached hydrogen (secondary N) is 2. The molecule has 1 saturated heterocycles. The van der Waals surface area contributed by atoms with E-state index in [-0.39, 0.29) is 17.5 Å². The molecule has 2 aliphatic rings. The van der Waals surface area contributed by atoms with E-state index in [4.69, 9.17) is 9.47 Å². The van der Waals surface area contributed by atoms with Gasteiger partial charge in [0, 0.05) is 36.0 Å². The van der Waals surface area contributed by atoms with Crippen molar-refractivity contribution in [3.8, 4) is 5.88 Å². The van der Waals surface area contributed by atoms with Gasteiger partial charge in [-0.2, -0.15) is 0 Å². The quantitative estimate of drug-likeness (QED) is 0.485. The molecule has 0 unspecified atom stereocenters. The van der Waals surface area contributed by atoms with Gasteiger partial charge < -0.3 is 20.1 Å². The SMILES string of the molecule is COc1ccc2nccc([C@@H]3OC(=O)N[C@H]3C3CCC(NC/C=C/c4cc(F)ccc4F)CC3)c2n1. The number of carbonyl (C=O) groups excluding carboxylic acids is 1. The Labute approximate surface area is 207 Å². The summed E-state index contributed by atoms with van der Waals surface area (Å²) in [6.45, 7) is 0.563. The molecule has 2 fully saturated rings. The number of ether oxygens (including phenoxy) is 2. The number of carbonyl (C=O) groups is 1. The van der Waals surface area contributed by atoms with Gasteiger partial charge >= 0.3 is 6.09 Å². The summed E-state index contributed by atoms with van der Waals surface area (Å²) in [7, 11) is 1.56. The van der Waals surface area contributed by atoms with E-state index in [1.165, 1.54) is 6.07 Å². The molecule has 1 saturated carbocycles. The van der Waals surface area contributed by atoms with Crippen LogP contribution in [0, 0.1) is 17.6 Å². The van der Waals surface area contributed by atoms with Gasteiger partial charge in [0.15, 0.2) is 6.10 Å². The number of hydrogen-bond acceptors (Lipinski definition) is 6. The van der Waals surface area contributed by atoms with E-state index in [9.17, 15) is 13.6 Å². The zero-order valence-corrected chi connectivity index (χ0v) is 19.9. The molecule has 1 aliphatic heterocycles. The predicted octanol–water partition coefficient (Wildman–Crippen LogP) is 4.93. The first kappa shape index (κ1) is 24.1. The highest BCUT2D eigenvalue weighted by atomic mass is 19.1. The van der Waals surface area contributed by atoms with E-state index in [1.54, 1.807) is 31.5 Å². The third kappa shape index (κ3) is 5.16. The Balaban J connectivity index is 1.21. The van der Waals surface area contributed by atoms with Gasteiger partial charge in [0.05, 0.1) is 24.2 Å².